The molecule has 0 saturated carbocycles. The quantitative estimate of drug-likeness (QED) is 0.827. The third-order valence-corrected chi connectivity index (χ3v) is 3.26. The first-order valence-corrected chi connectivity index (χ1v) is 5.98. The van der Waals surface area contributed by atoms with E-state index in [9.17, 15) is 13.6 Å². The zero-order valence-electron chi connectivity index (χ0n) is 10.5. The molecule has 1 heterocycles. The van der Waals surface area contributed by atoms with Crippen molar-refractivity contribution in [3.63, 3.8) is 0 Å². The average molecular weight is 254 g/mol. The molecule has 1 amide bonds. The zero-order valence-corrected chi connectivity index (χ0v) is 10.5. The molecule has 1 saturated heterocycles. The third kappa shape index (κ3) is 2.22. The highest BCUT2D eigenvalue weighted by molar-refractivity contribution is 5.95. The van der Waals surface area contributed by atoms with Crippen LogP contribution in [0.3, 0.4) is 0 Å². The minimum Gasteiger partial charge on any atom is -0.333 e. The molecule has 0 aromatic heterocycles. The fraction of sp³-hybridized carbons (Fsp3) is 0.462. The molecule has 2 rings (SSSR count). The van der Waals surface area contributed by atoms with Crippen LogP contribution in [-0.2, 0) is 0 Å². The zero-order chi connectivity index (χ0) is 13.3. The highest BCUT2D eigenvalue weighted by Crippen LogP contribution is 2.19. The molecule has 0 spiro atoms. The summed E-state index contributed by atoms with van der Waals surface area (Å²) in [6, 6.07) is 2.41. The van der Waals surface area contributed by atoms with Crippen LogP contribution in [-0.4, -0.2) is 36.5 Å². The van der Waals surface area contributed by atoms with Gasteiger partial charge in [0, 0.05) is 25.7 Å². The van der Waals surface area contributed by atoms with Gasteiger partial charge in [0.1, 0.15) is 17.2 Å². The Hall–Kier alpha value is -1.49. The van der Waals surface area contributed by atoms with Crippen LogP contribution in [0.2, 0.25) is 0 Å². The first-order valence-electron chi connectivity index (χ1n) is 5.98. The van der Waals surface area contributed by atoms with Gasteiger partial charge in [-0.15, -0.1) is 0 Å². The molecule has 0 unspecified atom stereocenters. The lowest BCUT2D eigenvalue weighted by atomic mass is 10.1. The number of halogens is 2. The highest BCUT2D eigenvalue weighted by Gasteiger charge is 2.28. The fourth-order valence-corrected chi connectivity index (χ4v) is 2.14. The number of rotatable bonds is 1. The highest BCUT2D eigenvalue weighted by atomic mass is 19.1. The van der Waals surface area contributed by atoms with Crippen molar-refractivity contribution in [3.05, 3.63) is 34.9 Å². The molecule has 1 N–H and O–H groups in total. The molecule has 1 aromatic carbocycles. The van der Waals surface area contributed by atoms with Crippen molar-refractivity contribution in [1.29, 1.82) is 0 Å². The molecule has 98 valence electrons. The molecule has 0 bridgehead atoms. The summed E-state index contributed by atoms with van der Waals surface area (Å²) < 4.78 is 27.6. The molecule has 1 aromatic rings. The molecule has 1 atom stereocenters. The van der Waals surface area contributed by atoms with Gasteiger partial charge in [-0.3, -0.25) is 4.79 Å². The Labute approximate surface area is 105 Å². The number of piperazine rings is 1. The van der Waals surface area contributed by atoms with Crippen molar-refractivity contribution in [1.82, 2.24) is 10.2 Å². The first kappa shape index (κ1) is 13.0. The van der Waals surface area contributed by atoms with Gasteiger partial charge in [0.25, 0.3) is 5.91 Å². The molecule has 0 aliphatic carbocycles. The number of carbonyl (C=O) groups excluding carboxylic acids is 1. The van der Waals surface area contributed by atoms with Crippen molar-refractivity contribution in [2.24, 2.45) is 0 Å². The summed E-state index contributed by atoms with van der Waals surface area (Å²) in [6.07, 6.45) is 0. The SMILES string of the molecule is Cc1ccc(F)c(C(=O)N2CCNC[C@@H]2C)c1F. The molecule has 5 heteroatoms. The normalized spacial score (nSPS) is 20.0. The van der Waals surface area contributed by atoms with Crippen LogP contribution in [0.25, 0.3) is 0 Å². The first-order chi connectivity index (χ1) is 8.52. The van der Waals surface area contributed by atoms with Gasteiger partial charge in [0.15, 0.2) is 0 Å². The lowest BCUT2D eigenvalue weighted by molar-refractivity contribution is 0.0645. The van der Waals surface area contributed by atoms with Gasteiger partial charge < -0.3 is 10.2 Å². The second-order valence-corrected chi connectivity index (χ2v) is 4.60. The topological polar surface area (TPSA) is 32.3 Å². The number of hydrogen-bond donors (Lipinski definition) is 1. The number of amides is 1. The molecule has 18 heavy (non-hydrogen) atoms. The van der Waals surface area contributed by atoms with E-state index in [1.165, 1.54) is 17.9 Å². The molecule has 0 radical (unpaired) electrons. The van der Waals surface area contributed by atoms with Crippen LogP contribution in [0, 0.1) is 18.6 Å². The Kier molecular flexibility index (Phi) is 3.61. The summed E-state index contributed by atoms with van der Waals surface area (Å²) in [5.41, 5.74) is -0.161. The Morgan fingerprint density at radius 2 is 2.17 bits per heavy atom. The van der Waals surface area contributed by atoms with Gasteiger partial charge in [-0.1, -0.05) is 6.07 Å². The lowest BCUT2D eigenvalue weighted by Gasteiger charge is -2.34. The predicted molar refractivity (Wildman–Crippen MR) is 64.5 cm³/mol. The van der Waals surface area contributed by atoms with Gasteiger partial charge >= 0.3 is 0 Å². The Balaban J connectivity index is 2.36. The van der Waals surface area contributed by atoms with E-state index < -0.39 is 23.1 Å². The second-order valence-electron chi connectivity index (χ2n) is 4.60. The summed E-state index contributed by atoms with van der Waals surface area (Å²) in [7, 11) is 0. The van der Waals surface area contributed by atoms with Crippen LogP contribution in [0.5, 0.6) is 0 Å². The van der Waals surface area contributed by atoms with Crippen molar-refractivity contribution < 1.29 is 13.6 Å². The van der Waals surface area contributed by atoms with Gasteiger partial charge in [-0.05, 0) is 25.5 Å². The smallest absolute Gasteiger partial charge is 0.260 e. The van der Waals surface area contributed by atoms with Crippen molar-refractivity contribution in [3.8, 4) is 0 Å². The minimum atomic E-state index is -0.797. The molecule has 1 aliphatic rings. The number of nitrogens with zero attached hydrogens (tertiary/aromatic N) is 1. The number of hydrogen-bond acceptors (Lipinski definition) is 2. The third-order valence-electron chi connectivity index (χ3n) is 3.26. The Morgan fingerprint density at radius 1 is 1.44 bits per heavy atom. The number of carbonyl (C=O) groups is 1. The Morgan fingerprint density at radius 3 is 2.83 bits per heavy atom. The molecular formula is C13H16F2N2O. The van der Waals surface area contributed by atoms with E-state index in [0.29, 0.717) is 19.6 Å². The van der Waals surface area contributed by atoms with E-state index in [0.717, 1.165) is 6.07 Å². The maximum absolute atomic E-state index is 13.9. The number of benzene rings is 1. The largest absolute Gasteiger partial charge is 0.333 e. The van der Waals surface area contributed by atoms with Crippen LogP contribution >= 0.6 is 0 Å². The van der Waals surface area contributed by atoms with Gasteiger partial charge in [0.2, 0.25) is 0 Å². The fourth-order valence-electron chi connectivity index (χ4n) is 2.14. The monoisotopic (exact) mass is 254 g/mol. The maximum Gasteiger partial charge on any atom is 0.260 e. The van der Waals surface area contributed by atoms with E-state index in [1.807, 2.05) is 6.92 Å². The summed E-state index contributed by atoms with van der Waals surface area (Å²) in [6.45, 7) is 5.13. The Bertz CT molecular complexity index is 476. The summed E-state index contributed by atoms with van der Waals surface area (Å²) in [5, 5.41) is 3.13. The van der Waals surface area contributed by atoms with Gasteiger partial charge in [-0.25, -0.2) is 8.78 Å². The van der Waals surface area contributed by atoms with Crippen molar-refractivity contribution in [2.45, 2.75) is 19.9 Å². The van der Waals surface area contributed by atoms with Crippen molar-refractivity contribution in [2.75, 3.05) is 19.6 Å². The van der Waals surface area contributed by atoms with Crippen LogP contribution in [0.15, 0.2) is 12.1 Å². The maximum atomic E-state index is 13.9. The summed E-state index contributed by atoms with van der Waals surface area (Å²) in [4.78, 5) is 13.7. The standard InChI is InChI=1S/C13H16F2N2O/c1-8-3-4-10(14)11(12(8)15)13(18)17-6-5-16-7-9(17)2/h3-4,9,16H,5-7H2,1-2H3/t9-/m0/s1. The van der Waals surface area contributed by atoms with Crippen molar-refractivity contribution >= 4 is 5.91 Å². The van der Waals surface area contributed by atoms with Crippen LogP contribution < -0.4 is 5.32 Å². The lowest BCUT2D eigenvalue weighted by Crippen LogP contribution is -2.52. The molecule has 1 aliphatic heterocycles. The van der Waals surface area contributed by atoms with E-state index in [4.69, 9.17) is 0 Å². The van der Waals surface area contributed by atoms with Crippen LogP contribution in [0.1, 0.15) is 22.8 Å². The molecular weight excluding hydrogens is 238 g/mol. The summed E-state index contributed by atoms with van der Waals surface area (Å²) >= 11 is 0. The molecule has 1 fully saturated rings. The van der Waals surface area contributed by atoms with E-state index in [2.05, 4.69) is 5.32 Å². The van der Waals surface area contributed by atoms with Gasteiger partial charge in [-0.2, -0.15) is 0 Å². The van der Waals surface area contributed by atoms with E-state index in [-0.39, 0.29) is 11.6 Å². The van der Waals surface area contributed by atoms with E-state index in [1.54, 1.807) is 0 Å². The number of nitrogens with one attached hydrogen (secondary N) is 1. The molecule has 3 nitrogen and oxygen atoms in total. The predicted octanol–water partition coefficient (Wildman–Crippen LogP) is 1.71. The van der Waals surface area contributed by atoms with E-state index >= 15 is 0 Å². The summed E-state index contributed by atoms with van der Waals surface area (Å²) in [5.74, 6) is -2.12. The minimum absolute atomic E-state index is 0.0643. The van der Waals surface area contributed by atoms with Crippen LogP contribution in [0.4, 0.5) is 8.78 Å². The number of aryl methyl sites for hydroxylation is 1. The second kappa shape index (κ2) is 5.02. The average Bonchev–Trinajstić information content (AvgIpc) is 2.35. The van der Waals surface area contributed by atoms with Gasteiger partial charge in [0.05, 0.1) is 0 Å².